The van der Waals surface area contributed by atoms with E-state index in [2.05, 4.69) is 65.1 Å². The van der Waals surface area contributed by atoms with Crippen molar-refractivity contribution in [2.24, 2.45) is 0 Å². The van der Waals surface area contributed by atoms with Crippen molar-refractivity contribution in [3.05, 3.63) is 210 Å². The third-order valence-electron chi connectivity index (χ3n) is 22.2. The van der Waals surface area contributed by atoms with Crippen molar-refractivity contribution in [1.82, 2.24) is 59.4 Å². The fourth-order valence-electron chi connectivity index (χ4n) is 16.5. The molecule has 2 atom stereocenters. The van der Waals surface area contributed by atoms with Crippen molar-refractivity contribution in [2.45, 2.75) is 71.4 Å². The summed E-state index contributed by atoms with van der Waals surface area (Å²) in [6.45, 7) is 28.1. The van der Waals surface area contributed by atoms with Crippen LogP contribution in [0, 0.1) is 5.82 Å². The SMILES string of the molecule is C=CC(=O)N1CCN(c2nc(OCCc3ccccn3)nc3c2CCN(c2cc(O)cc4ccccc24)C3)CC1.C=CC(=O)N1CCN(c2nc(O[C@H](C)CN(C)C)nc3c2CCN(c2cc(O)c(Cl)c4ccccc24)C3)CC1.C=CC(=O)N1CCN(c2nc(O[C@H](C)CN(C)C)nc3c2CCN(c2cc(O)c(F)c4ccccc24)C3)CC1. The maximum Gasteiger partial charge on any atom is 0.318 e. The van der Waals surface area contributed by atoms with Gasteiger partial charge in [0.25, 0.3) is 0 Å². The molecule has 6 aliphatic rings. The molecule has 6 aliphatic heterocycles. The first-order chi connectivity index (χ1) is 57.1. The molecule has 10 aromatic rings. The minimum absolute atomic E-state index is 0.0445. The minimum atomic E-state index is -0.615. The monoisotopic (exact) mass is 1620 g/mol. The summed E-state index contributed by atoms with van der Waals surface area (Å²) in [7, 11) is 7.99. The number of pyridine rings is 1. The minimum Gasteiger partial charge on any atom is -0.508 e. The summed E-state index contributed by atoms with van der Waals surface area (Å²) in [6, 6.07) is 36.8. The van der Waals surface area contributed by atoms with Crippen molar-refractivity contribution in [1.29, 1.82) is 0 Å². The van der Waals surface area contributed by atoms with E-state index in [0.29, 0.717) is 159 Å². The van der Waals surface area contributed by atoms with E-state index >= 15 is 0 Å². The topological polar surface area (TPSA) is 265 Å². The Balaban J connectivity index is 0.000000145. The summed E-state index contributed by atoms with van der Waals surface area (Å²) in [5.41, 5.74) is 9.54. The molecule has 6 aromatic carbocycles. The molecule has 3 fully saturated rings. The van der Waals surface area contributed by atoms with Gasteiger partial charge in [-0.05, 0) is 103 Å². The molecule has 0 saturated carbocycles. The van der Waals surface area contributed by atoms with E-state index in [1.807, 2.05) is 136 Å². The molecule has 118 heavy (non-hydrogen) atoms. The molecule has 3 amide bonds. The van der Waals surface area contributed by atoms with Crippen LogP contribution < -0.4 is 43.6 Å². The van der Waals surface area contributed by atoms with Gasteiger partial charge in [0.1, 0.15) is 41.2 Å². The van der Waals surface area contributed by atoms with Crippen molar-refractivity contribution in [2.75, 3.05) is 175 Å². The molecule has 616 valence electrons. The zero-order valence-electron chi connectivity index (χ0n) is 67.8. The number of fused-ring (bicyclic) bond motifs is 6. The highest BCUT2D eigenvalue weighted by Crippen LogP contribution is 2.44. The first-order valence-electron chi connectivity index (χ1n) is 40.2. The molecule has 0 bridgehead atoms. The first kappa shape index (κ1) is 82.4. The number of carbonyl (C=O) groups is 3. The van der Waals surface area contributed by atoms with E-state index in [1.165, 1.54) is 24.3 Å². The van der Waals surface area contributed by atoms with E-state index < -0.39 is 5.82 Å². The van der Waals surface area contributed by atoms with Gasteiger partial charge in [0, 0.05) is 208 Å². The van der Waals surface area contributed by atoms with Crippen molar-refractivity contribution in [3.63, 3.8) is 0 Å². The number of phenolic OH excluding ortho intramolecular Hbond substituents is 3. The van der Waals surface area contributed by atoms with Gasteiger partial charge in [0.2, 0.25) is 17.7 Å². The second-order valence-electron chi connectivity index (χ2n) is 30.9. The number of phenols is 3. The molecule has 0 radical (unpaired) electrons. The summed E-state index contributed by atoms with van der Waals surface area (Å²) >= 11 is 6.42. The molecular weight excluding hydrogens is 1520 g/mol. The highest BCUT2D eigenvalue weighted by Gasteiger charge is 2.35. The van der Waals surface area contributed by atoms with Gasteiger partial charge in [0.05, 0.1) is 48.3 Å². The molecule has 16 rings (SSSR count). The summed E-state index contributed by atoms with van der Waals surface area (Å²) in [5, 5.41) is 36.7. The van der Waals surface area contributed by atoms with Crippen molar-refractivity contribution < 1.29 is 48.3 Å². The maximum absolute atomic E-state index is 14.7. The van der Waals surface area contributed by atoms with E-state index in [0.717, 1.165) is 133 Å². The van der Waals surface area contributed by atoms with Crippen LogP contribution in [-0.2, 0) is 59.7 Å². The quantitative estimate of drug-likeness (QED) is 0.0564. The van der Waals surface area contributed by atoms with E-state index in [-0.39, 0.29) is 47.2 Å². The van der Waals surface area contributed by atoms with Crippen LogP contribution in [0.4, 0.5) is 38.9 Å². The zero-order valence-corrected chi connectivity index (χ0v) is 68.6. The Bertz CT molecular complexity index is 5140. The van der Waals surface area contributed by atoms with Crippen molar-refractivity contribution in [3.8, 4) is 35.3 Å². The standard InChI is InChI=1S/C31H32N6O3.C29H35ClN6O3.C29H35FN6O3/c1-2-29(39)35-14-16-36(17-15-35)30-26-10-13-37(28-20-24(38)19-22-7-3-4-9-25(22)28)21-27(26)33-31(34-30)40-18-11-23-8-5-6-12-32-23;2*1-5-26(38)34-12-14-35(15-13-34)28-22-10-11-36(18-23(22)31-29(32-28)39-19(2)17-33(3)4)24-16-25(37)27(30)21-9-7-6-8-20(21)24/h2-9,12,19-20,38H,1,10-11,13-18,21H2;2*5-9,16,19,37H,1,10-15,17-18H2,2-4H3/t;2*19-/m.11/s1. The lowest BCUT2D eigenvalue weighted by Gasteiger charge is -2.38. The van der Waals surface area contributed by atoms with Crippen LogP contribution in [0.2, 0.25) is 5.02 Å². The van der Waals surface area contributed by atoms with Gasteiger partial charge in [-0.15, -0.1) is 0 Å². The van der Waals surface area contributed by atoms with Crippen molar-refractivity contribution >= 4 is 96.2 Å². The molecule has 4 aromatic heterocycles. The number of piperazine rings is 3. The normalized spacial score (nSPS) is 16.0. The molecule has 3 N–H and O–H groups in total. The zero-order chi connectivity index (χ0) is 82.8. The fourth-order valence-corrected chi connectivity index (χ4v) is 16.7. The van der Waals surface area contributed by atoms with Crippen LogP contribution in [0.1, 0.15) is 53.3 Å². The fraction of sp³-hybridized carbons (Fsp3) is 0.371. The van der Waals surface area contributed by atoms with Crippen LogP contribution in [0.15, 0.2) is 159 Å². The molecule has 0 aliphatic carbocycles. The summed E-state index contributed by atoms with van der Waals surface area (Å²) in [6.07, 6.45) is 8.48. The number of aromatic nitrogens is 7. The molecule has 10 heterocycles. The summed E-state index contributed by atoms with van der Waals surface area (Å²) in [5.74, 6) is 1.76. The number of nitrogens with zero attached hydrogens (tertiary/aromatic N) is 18. The third kappa shape index (κ3) is 18.8. The Morgan fingerprint density at radius 3 is 1.31 bits per heavy atom. The van der Waals surface area contributed by atoms with Gasteiger partial charge in [-0.25, -0.2) is 4.39 Å². The largest absolute Gasteiger partial charge is 0.508 e. The maximum atomic E-state index is 14.7. The van der Waals surface area contributed by atoms with E-state index in [9.17, 15) is 34.1 Å². The number of rotatable bonds is 21. The molecular formula is C89H102ClFN18O9. The highest BCUT2D eigenvalue weighted by atomic mass is 35.5. The number of ether oxygens (including phenoxy) is 3. The van der Waals surface area contributed by atoms with Gasteiger partial charge < -0.3 is 83.4 Å². The Kier molecular flexibility index (Phi) is 25.8. The Labute approximate surface area is 692 Å². The molecule has 27 nitrogen and oxygen atoms in total. The Morgan fingerprint density at radius 1 is 0.475 bits per heavy atom. The lowest BCUT2D eigenvalue weighted by atomic mass is 10.0. The Hall–Kier alpha value is -12.1. The molecule has 0 spiro atoms. The summed E-state index contributed by atoms with van der Waals surface area (Å²) < 4.78 is 33.1. The average Bonchev–Trinajstić information content (AvgIpc) is 0.766. The Morgan fingerprint density at radius 2 is 0.864 bits per heavy atom. The third-order valence-corrected chi connectivity index (χ3v) is 22.6. The molecule has 3 saturated heterocycles. The number of hydrogen-bond acceptors (Lipinski definition) is 24. The van der Waals surface area contributed by atoms with Gasteiger partial charge >= 0.3 is 18.0 Å². The van der Waals surface area contributed by atoms with E-state index in [1.54, 1.807) is 35.4 Å². The van der Waals surface area contributed by atoms with Crippen LogP contribution in [0.5, 0.6) is 35.3 Å². The second kappa shape index (κ2) is 37.0. The van der Waals surface area contributed by atoms with Gasteiger partial charge in [-0.1, -0.05) is 110 Å². The number of aromatic hydroxyl groups is 3. The van der Waals surface area contributed by atoms with Gasteiger partial charge in [-0.2, -0.15) is 29.9 Å². The van der Waals surface area contributed by atoms with Crippen LogP contribution in [0.3, 0.4) is 0 Å². The predicted molar refractivity (Wildman–Crippen MR) is 460 cm³/mol. The lowest BCUT2D eigenvalue weighted by molar-refractivity contribution is -0.127. The number of amides is 3. The summed E-state index contributed by atoms with van der Waals surface area (Å²) in [4.78, 5) is 92.8. The number of anilines is 6. The van der Waals surface area contributed by atoms with Gasteiger partial charge in [-0.3, -0.25) is 19.4 Å². The van der Waals surface area contributed by atoms with E-state index in [4.69, 9.17) is 55.7 Å². The smallest absolute Gasteiger partial charge is 0.318 e. The number of likely N-dealkylation sites (N-methyl/N-ethyl adjacent to an activating group) is 2. The molecule has 0 unspecified atom stereocenters. The number of carbonyl (C=O) groups excluding carboxylic acids is 3. The highest BCUT2D eigenvalue weighted by molar-refractivity contribution is 6.37. The predicted octanol–water partition coefficient (Wildman–Crippen LogP) is 10.7. The van der Waals surface area contributed by atoms with Crippen LogP contribution >= 0.6 is 11.6 Å². The first-order valence-corrected chi connectivity index (χ1v) is 40.6. The second-order valence-corrected chi connectivity index (χ2v) is 31.2. The lowest BCUT2D eigenvalue weighted by Crippen LogP contribution is -2.49. The van der Waals surface area contributed by atoms with Crippen LogP contribution in [0.25, 0.3) is 32.3 Å². The molecule has 29 heteroatoms. The number of hydrogen-bond donors (Lipinski definition) is 3. The van der Waals surface area contributed by atoms with Gasteiger partial charge in [0.15, 0.2) is 11.6 Å². The average molecular weight is 1620 g/mol. The number of halogens is 2. The number of benzene rings is 6. The van der Waals surface area contributed by atoms with Crippen LogP contribution in [-0.4, -0.2) is 251 Å².